The molecule has 4 rings (SSSR count). The number of anilines is 1. The number of unbranched alkanes of at least 4 members (excludes halogenated alkanes) is 3. The summed E-state index contributed by atoms with van der Waals surface area (Å²) in [5.74, 6) is -1.73. The molecule has 1 aliphatic carbocycles. The van der Waals surface area contributed by atoms with E-state index in [0.29, 0.717) is 17.2 Å². The average Bonchev–Trinajstić information content (AvgIpc) is 3.57. The molecule has 1 aromatic carbocycles. The molecule has 0 bridgehead atoms. The van der Waals surface area contributed by atoms with Crippen molar-refractivity contribution in [3.8, 4) is 0 Å². The zero-order valence-corrected chi connectivity index (χ0v) is 18.4. The minimum absolute atomic E-state index is 0.149. The Bertz CT molecular complexity index is 1030. The van der Waals surface area contributed by atoms with Crippen LogP contribution in [0.4, 0.5) is 10.1 Å². The molecule has 1 aliphatic heterocycles. The van der Waals surface area contributed by atoms with Gasteiger partial charge in [0.2, 0.25) is 5.43 Å². The number of halogens is 1. The van der Waals surface area contributed by atoms with Crippen molar-refractivity contribution >= 4 is 22.6 Å². The van der Waals surface area contributed by atoms with E-state index in [-0.39, 0.29) is 17.0 Å². The first-order valence-corrected chi connectivity index (χ1v) is 11.5. The number of pyridine rings is 1. The molecule has 2 aromatic rings. The number of hydrogen-bond acceptors (Lipinski definition) is 4. The van der Waals surface area contributed by atoms with Crippen LogP contribution in [0, 0.1) is 5.82 Å². The first kappa shape index (κ1) is 21.8. The number of piperazine rings is 1. The van der Waals surface area contributed by atoms with Gasteiger partial charge < -0.3 is 14.6 Å². The van der Waals surface area contributed by atoms with Gasteiger partial charge in [0.25, 0.3) is 0 Å². The lowest BCUT2D eigenvalue weighted by Crippen LogP contribution is -2.52. The average molecular weight is 430 g/mol. The van der Waals surface area contributed by atoms with E-state index in [9.17, 15) is 14.7 Å². The Hall–Kier alpha value is -2.41. The van der Waals surface area contributed by atoms with Crippen LogP contribution in [-0.4, -0.2) is 52.8 Å². The lowest BCUT2D eigenvalue weighted by atomic mass is 10.1. The van der Waals surface area contributed by atoms with Crippen LogP contribution in [0.3, 0.4) is 0 Å². The molecule has 6 nitrogen and oxygen atoms in total. The van der Waals surface area contributed by atoms with Crippen LogP contribution in [0.15, 0.2) is 23.1 Å². The summed E-state index contributed by atoms with van der Waals surface area (Å²) in [4.78, 5) is 28.7. The van der Waals surface area contributed by atoms with Gasteiger partial charge in [-0.25, -0.2) is 9.18 Å². The molecule has 0 spiro atoms. The predicted octanol–water partition coefficient (Wildman–Crippen LogP) is 4.26. The van der Waals surface area contributed by atoms with Crippen molar-refractivity contribution in [1.29, 1.82) is 0 Å². The molecular formula is C24H32FN3O3. The lowest BCUT2D eigenvalue weighted by molar-refractivity contribution is 0.0695. The number of carboxylic acid groups (broad SMARTS) is 1. The molecule has 31 heavy (non-hydrogen) atoms. The third-order valence-corrected chi connectivity index (χ3v) is 6.68. The minimum Gasteiger partial charge on any atom is -0.477 e. The van der Waals surface area contributed by atoms with Crippen LogP contribution < -0.4 is 10.3 Å². The number of carboxylic acids is 1. The molecule has 168 valence electrons. The second kappa shape index (κ2) is 8.99. The van der Waals surface area contributed by atoms with E-state index in [0.717, 1.165) is 39.0 Å². The van der Waals surface area contributed by atoms with Gasteiger partial charge in [0, 0.05) is 43.3 Å². The normalized spacial score (nSPS) is 19.8. The fourth-order valence-corrected chi connectivity index (χ4v) is 4.70. The van der Waals surface area contributed by atoms with Crippen molar-refractivity contribution in [2.45, 2.75) is 64.5 Å². The van der Waals surface area contributed by atoms with Crippen LogP contribution in [0.2, 0.25) is 0 Å². The number of nitrogens with zero attached hydrogens (tertiary/aromatic N) is 3. The summed E-state index contributed by atoms with van der Waals surface area (Å²) in [5, 5.41) is 9.55. The monoisotopic (exact) mass is 429 g/mol. The van der Waals surface area contributed by atoms with Crippen LogP contribution in [0.1, 0.15) is 68.8 Å². The summed E-state index contributed by atoms with van der Waals surface area (Å²) in [6.07, 6.45) is 8.26. The molecule has 1 saturated heterocycles. The summed E-state index contributed by atoms with van der Waals surface area (Å²) >= 11 is 0. The number of aromatic nitrogens is 1. The van der Waals surface area contributed by atoms with Gasteiger partial charge in [0.1, 0.15) is 11.4 Å². The van der Waals surface area contributed by atoms with Crippen molar-refractivity contribution in [2.75, 3.05) is 31.1 Å². The van der Waals surface area contributed by atoms with Gasteiger partial charge in [0.15, 0.2) is 0 Å². The predicted molar refractivity (Wildman–Crippen MR) is 121 cm³/mol. The molecule has 2 fully saturated rings. The molecule has 7 heteroatoms. The number of carbonyl (C=O) groups is 1. The van der Waals surface area contributed by atoms with Crippen LogP contribution in [0.25, 0.3) is 10.9 Å². The number of aromatic carboxylic acids is 1. The Morgan fingerprint density at radius 1 is 1.19 bits per heavy atom. The number of rotatable bonds is 8. The maximum Gasteiger partial charge on any atom is 0.341 e. The summed E-state index contributed by atoms with van der Waals surface area (Å²) in [5.41, 5.74) is 0.220. The Morgan fingerprint density at radius 2 is 1.97 bits per heavy atom. The first-order valence-electron chi connectivity index (χ1n) is 11.5. The van der Waals surface area contributed by atoms with E-state index in [1.807, 2.05) is 4.57 Å². The number of fused-ring (bicyclic) bond motifs is 1. The Labute approximate surface area is 182 Å². The second-order valence-corrected chi connectivity index (χ2v) is 9.03. The van der Waals surface area contributed by atoms with Gasteiger partial charge in [0.05, 0.1) is 11.2 Å². The van der Waals surface area contributed by atoms with Crippen molar-refractivity contribution in [3.05, 3.63) is 39.9 Å². The van der Waals surface area contributed by atoms with E-state index in [1.165, 1.54) is 37.9 Å². The van der Waals surface area contributed by atoms with Gasteiger partial charge in [-0.3, -0.25) is 9.69 Å². The molecule has 0 radical (unpaired) electrons. The molecule has 1 aromatic heterocycles. The van der Waals surface area contributed by atoms with Crippen molar-refractivity contribution < 1.29 is 14.3 Å². The van der Waals surface area contributed by atoms with Crippen LogP contribution in [-0.2, 0) is 0 Å². The summed E-state index contributed by atoms with van der Waals surface area (Å²) in [6.45, 7) is 7.83. The van der Waals surface area contributed by atoms with E-state index in [4.69, 9.17) is 0 Å². The fourth-order valence-electron chi connectivity index (χ4n) is 4.70. The topological polar surface area (TPSA) is 65.8 Å². The minimum atomic E-state index is -1.27. The number of benzene rings is 1. The largest absolute Gasteiger partial charge is 0.477 e. The third kappa shape index (κ3) is 4.47. The zero-order valence-electron chi connectivity index (χ0n) is 18.4. The third-order valence-electron chi connectivity index (χ3n) is 6.68. The molecule has 1 N–H and O–H groups in total. The van der Waals surface area contributed by atoms with Crippen LogP contribution in [0.5, 0.6) is 0 Å². The lowest BCUT2D eigenvalue weighted by Gasteiger charge is -2.41. The molecule has 1 unspecified atom stereocenters. The van der Waals surface area contributed by atoms with Crippen molar-refractivity contribution in [1.82, 2.24) is 9.47 Å². The van der Waals surface area contributed by atoms with E-state index < -0.39 is 17.2 Å². The summed E-state index contributed by atoms with van der Waals surface area (Å²) < 4.78 is 17.0. The highest BCUT2D eigenvalue weighted by Gasteiger charge is 2.29. The fraction of sp³-hybridized carbons (Fsp3) is 0.583. The van der Waals surface area contributed by atoms with Gasteiger partial charge >= 0.3 is 5.97 Å². The van der Waals surface area contributed by atoms with Gasteiger partial charge in [-0.15, -0.1) is 0 Å². The zero-order chi connectivity index (χ0) is 22.1. The highest BCUT2D eigenvalue weighted by Crippen LogP contribution is 2.38. The van der Waals surface area contributed by atoms with Gasteiger partial charge in [-0.1, -0.05) is 26.2 Å². The molecule has 1 saturated carbocycles. The highest BCUT2D eigenvalue weighted by molar-refractivity contribution is 5.93. The standard InChI is InChI=1S/C24H32FN3O3/c1-3-4-5-6-9-26-10-11-27(14-16(26)2)22-13-21-18(12-20(22)25)23(29)19(24(30)31)15-28(21)17-7-8-17/h12-13,15-17H,3-11,14H2,1-2H3,(H,30,31). The first-order chi connectivity index (χ1) is 14.9. The molecule has 1 atom stereocenters. The SMILES string of the molecule is CCCCCCN1CCN(c2cc3c(cc2F)c(=O)c(C(=O)O)cn3C2CC2)CC1C. The molecular weight excluding hydrogens is 397 g/mol. The maximum absolute atomic E-state index is 15.1. The Kier molecular flexibility index (Phi) is 6.32. The van der Waals surface area contributed by atoms with E-state index in [1.54, 1.807) is 6.07 Å². The molecule has 0 amide bonds. The second-order valence-electron chi connectivity index (χ2n) is 9.03. The maximum atomic E-state index is 15.1. The Balaban J connectivity index is 1.61. The van der Waals surface area contributed by atoms with Gasteiger partial charge in [-0.05, 0) is 44.9 Å². The Morgan fingerprint density at radius 3 is 2.61 bits per heavy atom. The highest BCUT2D eigenvalue weighted by atomic mass is 19.1. The summed E-state index contributed by atoms with van der Waals surface area (Å²) in [6, 6.07) is 3.49. The van der Waals surface area contributed by atoms with Crippen molar-refractivity contribution in [2.24, 2.45) is 0 Å². The number of hydrogen-bond donors (Lipinski definition) is 1. The van der Waals surface area contributed by atoms with Crippen molar-refractivity contribution in [3.63, 3.8) is 0 Å². The van der Waals surface area contributed by atoms with E-state index >= 15 is 4.39 Å². The molecule has 2 heterocycles. The summed E-state index contributed by atoms with van der Waals surface area (Å²) in [7, 11) is 0. The van der Waals surface area contributed by atoms with E-state index in [2.05, 4.69) is 23.6 Å². The molecule has 2 aliphatic rings. The van der Waals surface area contributed by atoms with Gasteiger partial charge in [-0.2, -0.15) is 0 Å². The smallest absolute Gasteiger partial charge is 0.341 e. The quantitative estimate of drug-likeness (QED) is 0.635. The van der Waals surface area contributed by atoms with Crippen LogP contribution >= 0.6 is 0 Å².